The molecule has 3 N–H and O–H groups in total. The number of carbonyl (C=O) groups excluding carboxylic acids is 1. The van der Waals surface area contributed by atoms with Gasteiger partial charge in [0.25, 0.3) is 5.91 Å². The molecule has 2 heterocycles. The Kier molecular flexibility index (Phi) is 4.31. The molecular weight excluding hydrogens is 320 g/mol. The average Bonchev–Trinajstić information content (AvgIpc) is 2.39. The molecule has 1 saturated heterocycles. The fourth-order valence-electron chi connectivity index (χ4n) is 1.73. The van der Waals surface area contributed by atoms with Gasteiger partial charge < -0.3 is 10.3 Å². The second kappa shape index (κ2) is 5.77. The molecular formula is C10H13BrN4O2S. The molecule has 1 aliphatic rings. The highest BCUT2D eigenvalue weighted by Crippen LogP contribution is 2.19. The van der Waals surface area contributed by atoms with Crippen molar-refractivity contribution < 1.29 is 9.00 Å². The van der Waals surface area contributed by atoms with Gasteiger partial charge in [-0.15, -0.1) is 0 Å². The van der Waals surface area contributed by atoms with Crippen LogP contribution in [0.25, 0.3) is 0 Å². The van der Waals surface area contributed by atoms with Gasteiger partial charge >= 0.3 is 0 Å². The van der Waals surface area contributed by atoms with Gasteiger partial charge in [-0.3, -0.25) is 9.00 Å². The molecule has 0 bridgehead atoms. The first-order valence-corrected chi connectivity index (χ1v) is 7.66. The summed E-state index contributed by atoms with van der Waals surface area (Å²) in [7, 11) is -0.804. The molecule has 0 aromatic carbocycles. The van der Waals surface area contributed by atoms with Crippen LogP contribution in [-0.2, 0) is 10.8 Å². The minimum Gasteiger partial charge on any atom is -0.337 e. The molecule has 1 aromatic rings. The second-order valence-corrected chi connectivity index (χ2v) is 6.45. The number of hydrogen-bond donors (Lipinski definition) is 2. The van der Waals surface area contributed by atoms with Crippen LogP contribution in [0.4, 0.5) is 5.82 Å². The van der Waals surface area contributed by atoms with E-state index in [9.17, 15) is 9.00 Å². The number of rotatable bonds is 2. The first kappa shape index (κ1) is 13.4. The van der Waals surface area contributed by atoms with Crippen molar-refractivity contribution in [2.75, 3.05) is 30.0 Å². The molecule has 1 fully saturated rings. The molecule has 6 nitrogen and oxygen atoms in total. The predicted molar refractivity (Wildman–Crippen MR) is 73.5 cm³/mol. The molecule has 0 radical (unpaired) electrons. The van der Waals surface area contributed by atoms with E-state index in [1.165, 1.54) is 0 Å². The Morgan fingerprint density at radius 2 is 2.17 bits per heavy atom. The fourth-order valence-corrected chi connectivity index (χ4v) is 3.11. The molecule has 0 atom stereocenters. The van der Waals surface area contributed by atoms with Gasteiger partial charge in [-0.05, 0) is 22.0 Å². The highest BCUT2D eigenvalue weighted by molar-refractivity contribution is 9.10. The number of pyridine rings is 1. The van der Waals surface area contributed by atoms with Gasteiger partial charge in [0, 0.05) is 46.1 Å². The molecule has 18 heavy (non-hydrogen) atoms. The number of halogens is 1. The quantitative estimate of drug-likeness (QED) is 0.602. The van der Waals surface area contributed by atoms with Gasteiger partial charge in [0.2, 0.25) is 0 Å². The number of aromatic nitrogens is 1. The fraction of sp³-hybridized carbons (Fsp3) is 0.400. The summed E-state index contributed by atoms with van der Waals surface area (Å²) in [5.74, 6) is 6.59. The van der Waals surface area contributed by atoms with Crippen molar-refractivity contribution in [2.24, 2.45) is 5.84 Å². The molecule has 0 unspecified atom stereocenters. The topological polar surface area (TPSA) is 88.3 Å². The number of nitrogens with two attached hydrogens (primary N) is 1. The molecule has 8 heteroatoms. The van der Waals surface area contributed by atoms with E-state index in [1.54, 1.807) is 17.2 Å². The molecule has 0 aliphatic carbocycles. The summed E-state index contributed by atoms with van der Waals surface area (Å²) in [4.78, 5) is 18.0. The first-order chi connectivity index (χ1) is 8.61. The zero-order valence-corrected chi connectivity index (χ0v) is 12.0. The van der Waals surface area contributed by atoms with E-state index in [1.807, 2.05) is 0 Å². The zero-order chi connectivity index (χ0) is 13.1. The average molecular weight is 333 g/mol. The van der Waals surface area contributed by atoms with Crippen LogP contribution in [0.1, 0.15) is 10.4 Å². The van der Waals surface area contributed by atoms with Crippen molar-refractivity contribution in [3.63, 3.8) is 0 Å². The van der Waals surface area contributed by atoms with Crippen molar-refractivity contribution in [1.29, 1.82) is 0 Å². The Labute approximate surface area is 115 Å². The lowest BCUT2D eigenvalue weighted by molar-refractivity contribution is 0.0772. The summed E-state index contributed by atoms with van der Waals surface area (Å²) >= 11 is 3.28. The van der Waals surface area contributed by atoms with E-state index >= 15 is 0 Å². The number of hydrazine groups is 1. The van der Waals surface area contributed by atoms with E-state index in [0.717, 1.165) is 0 Å². The number of hydrogen-bond acceptors (Lipinski definition) is 5. The van der Waals surface area contributed by atoms with Gasteiger partial charge in [-0.2, -0.15) is 0 Å². The number of nitrogens with one attached hydrogen (secondary N) is 1. The molecule has 1 aliphatic heterocycles. The summed E-state index contributed by atoms with van der Waals surface area (Å²) in [6.45, 7) is 1.00. The van der Waals surface area contributed by atoms with Gasteiger partial charge in [-0.25, -0.2) is 10.8 Å². The number of carbonyl (C=O) groups is 1. The highest BCUT2D eigenvalue weighted by atomic mass is 79.9. The zero-order valence-electron chi connectivity index (χ0n) is 9.56. The second-order valence-electron chi connectivity index (χ2n) is 3.83. The van der Waals surface area contributed by atoms with E-state index in [-0.39, 0.29) is 5.91 Å². The maximum absolute atomic E-state index is 12.3. The van der Waals surface area contributed by atoms with Crippen LogP contribution < -0.4 is 11.3 Å². The van der Waals surface area contributed by atoms with Crippen molar-refractivity contribution in [2.45, 2.75) is 0 Å². The summed E-state index contributed by atoms with van der Waals surface area (Å²) in [6.07, 6.45) is 1.57. The van der Waals surface area contributed by atoms with Crippen LogP contribution in [0.3, 0.4) is 0 Å². The van der Waals surface area contributed by atoms with Gasteiger partial charge in [-0.1, -0.05) is 0 Å². The third kappa shape index (κ3) is 2.88. The Hall–Kier alpha value is -0.990. The van der Waals surface area contributed by atoms with E-state index in [2.05, 4.69) is 26.3 Å². The number of nitrogen functional groups attached to an aromatic ring is 1. The lowest BCUT2D eigenvalue weighted by Crippen LogP contribution is -2.42. The lowest BCUT2D eigenvalue weighted by atomic mass is 10.2. The van der Waals surface area contributed by atoms with Crippen LogP contribution >= 0.6 is 15.9 Å². The molecule has 0 saturated carbocycles. The van der Waals surface area contributed by atoms with Gasteiger partial charge in [0.1, 0.15) is 0 Å². The van der Waals surface area contributed by atoms with Crippen LogP contribution in [0.15, 0.2) is 16.7 Å². The predicted octanol–water partition coefficient (Wildman–Crippen LogP) is 0.334. The standard InChI is InChI=1S/C10H13BrN4O2S/c11-7-5-8(9(14-12)13-6-7)10(16)15-1-3-18(17)4-2-15/h5-6H,1-4,12H2,(H,13,14). The monoisotopic (exact) mass is 332 g/mol. The van der Waals surface area contributed by atoms with Gasteiger partial charge in [0.15, 0.2) is 5.82 Å². The molecule has 2 rings (SSSR count). The van der Waals surface area contributed by atoms with E-state index in [0.29, 0.717) is 40.4 Å². The van der Waals surface area contributed by atoms with Crippen LogP contribution in [0.2, 0.25) is 0 Å². The maximum atomic E-state index is 12.3. The van der Waals surface area contributed by atoms with Crippen molar-refractivity contribution in [3.8, 4) is 0 Å². The Bertz CT molecular complexity index is 487. The smallest absolute Gasteiger partial charge is 0.257 e. The van der Waals surface area contributed by atoms with Crippen molar-refractivity contribution >= 4 is 38.5 Å². The summed E-state index contributed by atoms with van der Waals surface area (Å²) in [5.41, 5.74) is 2.83. The third-order valence-electron chi connectivity index (χ3n) is 2.69. The highest BCUT2D eigenvalue weighted by Gasteiger charge is 2.23. The molecule has 0 spiro atoms. The normalized spacial score (nSPS) is 16.7. The molecule has 1 aromatic heterocycles. The number of anilines is 1. The van der Waals surface area contributed by atoms with Crippen LogP contribution in [-0.4, -0.2) is 44.6 Å². The summed E-state index contributed by atoms with van der Waals surface area (Å²) in [5, 5.41) is 0. The molecule has 1 amide bonds. The van der Waals surface area contributed by atoms with E-state index in [4.69, 9.17) is 5.84 Å². The largest absolute Gasteiger partial charge is 0.337 e. The Morgan fingerprint density at radius 1 is 1.50 bits per heavy atom. The SMILES string of the molecule is NNc1ncc(Br)cc1C(=O)N1CCS(=O)CC1. The number of nitrogens with zero attached hydrogens (tertiary/aromatic N) is 2. The van der Waals surface area contributed by atoms with Gasteiger partial charge in [0.05, 0.1) is 5.56 Å². The summed E-state index contributed by atoms with van der Waals surface area (Å²) in [6, 6.07) is 1.68. The first-order valence-electron chi connectivity index (χ1n) is 5.38. The maximum Gasteiger partial charge on any atom is 0.257 e. The number of amides is 1. The van der Waals surface area contributed by atoms with Crippen LogP contribution in [0, 0.1) is 0 Å². The minimum absolute atomic E-state index is 0.145. The van der Waals surface area contributed by atoms with E-state index < -0.39 is 10.8 Å². The van der Waals surface area contributed by atoms with Crippen LogP contribution in [0.5, 0.6) is 0 Å². The Morgan fingerprint density at radius 3 is 2.78 bits per heavy atom. The minimum atomic E-state index is -0.804. The Balaban J connectivity index is 2.22. The lowest BCUT2D eigenvalue weighted by Gasteiger charge is -2.26. The molecule has 98 valence electrons. The summed E-state index contributed by atoms with van der Waals surface area (Å²) < 4.78 is 12.0. The van der Waals surface area contributed by atoms with Crippen molar-refractivity contribution in [3.05, 3.63) is 22.3 Å². The third-order valence-corrected chi connectivity index (χ3v) is 4.40. The van der Waals surface area contributed by atoms with Crippen molar-refractivity contribution in [1.82, 2.24) is 9.88 Å².